The van der Waals surface area contributed by atoms with E-state index in [0.29, 0.717) is 11.1 Å². The molecule has 128 valence electrons. The van der Waals surface area contributed by atoms with Gasteiger partial charge in [0, 0.05) is 18.0 Å². The van der Waals surface area contributed by atoms with Crippen LogP contribution in [0.5, 0.6) is 5.75 Å². The van der Waals surface area contributed by atoms with E-state index in [1.54, 1.807) is 24.5 Å². The highest BCUT2D eigenvalue weighted by Crippen LogP contribution is 2.49. The molecule has 2 aromatic rings. The zero-order valence-corrected chi connectivity index (χ0v) is 12.5. The lowest BCUT2D eigenvalue weighted by Crippen LogP contribution is -2.33. The van der Waals surface area contributed by atoms with Crippen molar-refractivity contribution in [2.24, 2.45) is 5.92 Å². The summed E-state index contributed by atoms with van der Waals surface area (Å²) in [4.78, 5) is 4.00. The Morgan fingerprint density at radius 3 is 2.25 bits per heavy atom. The van der Waals surface area contributed by atoms with Gasteiger partial charge < -0.3 is 9.84 Å². The Morgan fingerprint density at radius 2 is 1.75 bits per heavy atom. The highest BCUT2D eigenvalue weighted by molar-refractivity contribution is 5.40. The van der Waals surface area contributed by atoms with Crippen molar-refractivity contribution in [3.8, 4) is 5.75 Å². The van der Waals surface area contributed by atoms with E-state index in [1.807, 2.05) is 0 Å². The normalized spacial score (nSPS) is 17.6. The summed E-state index contributed by atoms with van der Waals surface area (Å²) in [6.07, 6.45) is -3.69. The largest absolute Gasteiger partial charge is 0.461 e. The summed E-state index contributed by atoms with van der Waals surface area (Å²) in [5, 5.41) is 11.2. The third-order valence-corrected chi connectivity index (χ3v) is 4.07. The number of hydrogen-bond donors (Lipinski definition) is 1. The molecule has 1 atom stereocenters. The molecule has 0 aliphatic heterocycles. The van der Waals surface area contributed by atoms with E-state index in [9.17, 15) is 22.7 Å². The number of pyridine rings is 1. The minimum Gasteiger partial charge on any atom is -0.428 e. The lowest BCUT2D eigenvalue weighted by atomic mass is 9.83. The van der Waals surface area contributed by atoms with Crippen molar-refractivity contribution >= 4 is 0 Å². The average molecular weight is 341 g/mol. The van der Waals surface area contributed by atoms with Crippen molar-refractivity contribution in [2.45, 2.75) is 31.0 Å². The molecule has 0 spiro atoms. The first-order chi connectivity index (χ1) is 11.3. The zero-order chi connectivity index (χ0) is 17.4. The van der Waals surface area contributed by atoms with Crippen LogP contribution >= 0.6 is 0 Å². The van der Waals surface area contributed by atoms with E-state index in [2.05, 4.69) is 9.72 Å². The first-order valence-corrected chi connectivity index (χ1v) is 7.42. The van der Waals surface area contributed by atoms with Gasteiger partial charge in [0.15, 0.2) is 0 Å². The average Bonchev–Trinajstić information content (AvgIpc) is 3.40. The molecule has 1 aliphatic rings. The van der Waals surface area contributed by atoms with E-state index in [-0.39, 0.29) is 5.92 Å². The van der Waals surface area contributed by atoms with Crippen LogP contribution < -0.4 is 4.74 Å². The maximum atomic E-state index is 12.9. The molecule has 1 saturated carbocycles. The predicted octanol–water partition coefficient (Wildman–Crippen LogP) is 3.96. The SMILES string of the molecule is OC(c1ccc(OC(F)(F)C(F)F)cc1)(c1cccnc1)C1CC1. The fourth-order valence-electron chi connectivity index (χ4n) is 2.71. The number of rotatable bonds is 6. The summed E-state index contributed by atoms with van der Waals surface area (Å²) in [5.41, 5.74) is -0.220. The lowest BCUT2D eigenvalue weighted by Gasteiger charge is -2.29. The molecule has 0 saturated heterocycles. The molecular weight excluding hydrogens is 326 g/mol. The van der Waals surface area contributed by atoms with Crippen LogP contribution in [0.2, 0.25) is 0 Å². The molecule has 24 heavy (non-hydrogen) atoms. The van der Waals surface area contributed by atoms with Gasteiger partial charge in [-0.3, -0.25) is 4.98 Å². The summed E-state index contributed by atoms with van der Waals surface area (Å²) < 4.78 is 54.3. The van der Waals surface area contributed by atoms with Crippen molar-refractivity contribution < 1.29 is 27.4 Å². The van der Waals surface area contributed by atoms with Crippen molar-refractivity contribution in [3.05, 3.63) is 59.9 Å². The minimum absolute atomic E-state index is 0.00373. The fourth-order valence-corrected chi connectivity index (χ4v) is 2.71. The monoisotopic (exact) mass is 341 g/mol. The van der Waals surface area contributed by atoms with Gasteiger partial charge in [-0.25, -0.2) is 0 Å². The summed E-state index contributed by atoms with van der Waals surface area (Å²) in [6.45, 7) is 0. The number of nitrogens with zero attached hydrogens (tertiary/aromatic N) is 1. The van der Waals surface area contributed by atoms with Crippen LogP contribution in [-0.2, 0) is 5.60 Å². The number of hydrogen-bond acceptors (Lipinski definition) is 3. The molecule has 1 unspecified atom stereocenters. The maximum Gasteiger partial charge on any atom is 0.461 e. The summed E-state index contributed by atoms with van der Waals surface area (Å²) in [5.74, 6) is -0.399. The highest BCUT2D eigenvalue weighted by Gasteiger charge is 2.47. The summed E-state index contributed by atoms with van der Waals surface area (Å²) in [7, 11) is 0. The van der Waals surface area contributed by atoms with Crippen molar-refractivity contribution in [1.29, 1.82) is 0 Å². The Hall–Kier alpha value is -2.15. The second-order valence-electron chi connectivity index (χ2n) is 5.77. The first-order valence-electron chi connectivity index (χ1n) is 7.42. The van der Waals surface area contributed by atoms with Gasteiger partial charge in [0.05, 0.1) is 0 Å². The molecular formula is C17H15F4NO2. The van der Waals surface area contributed by atoms with Crippen LogP contribution in [0.25, 0.3) is 0 Å². The second-order valence-corrected chi connectivity index (χ2v) is 5.77. The van der Waals surface area contributed by atoms with Gasteiger partial charge >= 0.3 is 12.5 Å². The number of aromatic nitrogens is 1. The van der Waals surface area contributed by atoms with E-state index in [4.69, 9.17) is 0 Å². The molecule has 0 amide bonds. The van der Waals surface area contributed by atoms with E-state index >= 15 is 0 Å². The van der Waals surface area contributed by atoms with E-state index in [1.165, 1.54) is 12.1 Å². The molecule has 0 bridgehead atoms. The fraction of sp³-hybridized carbons (Fsp3) is 0.353. The smallest absolute Gasteiger partial charge is 0.428 e. The third-order valence-electron chi connectivity index (χ3n) is 4.07. The maximum absolute atomic E-state index is 12.9. The molecule has 1 aromatic heterocycles. The molecule has 1 aromatic carbocycles. The number of alkyl halides is 4. The Labute approximate surface area is 135 Å². The van der Waals surface area contributed by atoms with Crippen molar-refractivity contribution in [1.82, 2.24) is 4.98 Å². The van der Waals surface area contributed by atoms with Crippen LogP contribution in [0, 0.1) is 5.92 Å². The Balaban J connectivity index is 1.89. The molecule has 1 heterocycles. The van der Waals surface area contributed by atoms with Crippen LogP contribution in [0.1, 0.15) is 24.0 Å². The lowest BCUT2D eigenvalue weighted by molar-refractivity contribution is -0.253. The molecule has 0 radical (unpaired) electrons. The quantitative estimate of drug-likeness (QED) is 0.809. The Morgan fingerprint density at radius 1 is 1.08 bits per heavy atom. The van der Waals surface area contributed by atoms with Gasteiger partial charge in [0.25, 0.3) is 0 Å². The van der Waals surface area contributed by atoms with Crippen LogP contribution in [0.15, 0.2) is 48.8 Å². The number of benzene rings is 1. The summed E-state index contributed by atoms with van der Waals surface area (Å²) in [6, 6.07) is 8.54. The van der Waals surface area contributed by atoms with Crippen LogP contribution in [0.3, 0.4) is 0 Å². The van der Waals surface area contributed by atoms with E-state index < -0.39 is 23.9 Å². The first kappa shape index (κ1) is 16.7. The van der Waals surface area contributed by atoms with E-state index in [0.717, 1.165) is 25.0 Å². The van der Waals surface area contributed by atoms with Crippen LogP contribution in [0.4, 0.5) is 17.6 Å². The van der Waals surface area contributed by atoms with Gasteiger partial charge in [-0.05, 0) is 42.5 Å². The van der Waals surface area contributed by atoms with Crippen LogP contribution in [-0.4, -0.2) is 22.6 Å². The topological polar surface area (TPSA) is 42.4 Å². The molecule has 3 rings (SSSR count). The molecule has 7 heteroatoms. The Bertz CT molecular complexity index is 689. The summed E-state index contributed by atoms with van der Waals surface area (Å²) >= 11 is 0. The van der Waals surface area contributed by atoms with Gasteiger partial charge in [-0.2, -0.15) is 17.6 Å². The minimum atomic E-state index is -4.56. The van der Waals surface area contributed by atoms with Gasteiger partial charge in [0.1, 0.15) is 11.4 Å². The number of aliphatic hydroxyl groups is 1. The molecule has 1 fully saturated rings. The van der Waals surface area contributed by atoms with Gasteiger partial charge in [-0.15, -0.1) is 0 Å². The molecule has 1 aliphatic carbocycles. The predicted molar refractivity (Wildman–Crippen MR) is 78.0 cm³/mol. The standard InChI is InChI=1S/C17H15F4NO2/c18-15(19)17(20,21)24-14-7-5-12(6-8-14)16(23,11-3-4-11)13-2-1-9-22-10-13/h1-2,5-11,15,23H,3-4H2. The van der Waals surface area contributed by atoms with Crippen molar-refractivity contribution in [3.63, 3.8) is 0 Å². The Kier molecular flexibility index (Phi) is 4.21. The van der Waals surface area contributed by atoms with Gasteiger partial charge in [0.2, 0.25) is 0 Å². The number of halogens is 4. The van der Waals surface area contributed by atoms with Crippen molar-refractivity contribution in [2.75, 3.05) is 0 Å². The zero-order valence-electron chi connectivity index (χ0n) is 12.5. The molecule has 3 nitrogen and oxygen atoms in total. The molecule has 1 N–H and O–H groups in total. The highest BCUT2D eigenvalue weighted by atomic mass is 19.3. The van der Waals surface area contributed by atoms with Gasteiger partial charge in [-0.1, -0.05) is 18.2 Å². The third kappa shape index (κ3) is 3.08. The number of ether oxygens (including phenoxy) is 1. The second kappa shape index (κ2) is 6.05.